The second-order valence-electron chi connectivity index (χ2n) is 4.48. The quantitative estimate of drug-likeness (QED) is 0.616. The van der Waals surface area contributed by atoms with Gasteiger partial charge in [0.25, 0.3) is 0 Å². The lowest BCUT2D eigenvalue weighted by molar-refractivity contribution is -0.239. The van der Waals surface area contributed by atoms with Crippen molar-refractivity contribution in [3.05, 3.63) is 11.1 Å². The van der Waals surface area contributed by atoms with Crippen molar-refractivity contribution >= 4 is 12.6 Å². The Labute approximate surface area is 83.2 Å². The maximum Gasteiger partial charge on any atom is 0.148 e. The van der Waals surface area contributed by atoms with Gasteiger partial charge in [-0.2, -0.15) is 0 Å². The van der Waals surface area contributed by atoms with Crippen molar-refractivity contribution in [1.82, 2.24) is 5.06 Å². The van der Waals surface area contributed by atoms with Crippen LogP contribution in [0.15, 0.2) is 11.1 Å². The number of hydroxylamine groups is 2. The zero-order valence-electron chi connectivity index (χ0n) is 8.83. The predicted molar refractivity (Wildman–Crippen MR) is 49.8 cm³/mol. The van der Waals surface area contributed by atoms with E-state index in [0.717, 1.165) is 5.06 Å². The molecule has 0 aromatic rings. The van der Waals surface area contributed by atoms with Gasteiger partial charge in [-0.05, 0) is 27.7 Å². The van der Waals surface area contributed by atoms with E-state index in [2.05, 4.69) is 0 Å². The average molecular weight is 196 g/mol. The Kier molecular flexibility index (Phi) is 2.37. The molecule has 0 atom stereocenters. The average Bonchev–Trinajstić information content (AvgIpc) is 2.22. The van der Waals surface area contributed by atoms with Crippen LogP contribution in [0.4, 0.5) is 0 Å². The summed E-state index contributed by atoms with van der Waals surface area (Å²) in [6.07, 6.45) is 1.20. The summed E-state index contributed by atoms with van der Waals surface area (Å²) in [6.45, 7) is 6.56. The van der Waals surface area contributed by atoms with Crippen molar-refractivity contribution in [2.45, 2.75) is 38.8 Å². The van der Waals surface area contributed by atoms with Gasteiger partial charge in [0.15, 0.2) is 0 Å². The van der Waals surface area contributed by atoms with Crippen LogP contribution in [0, 0.1) is 0 Å². The summed E-state index contributed by atoms with van der Waals surface area (Å²) in [5.41, 5.74) is -1.26. The zero-order valence-corrected chi connectivity index (χ0v) is 8.83. The lowest BCUT2D eigenvalue weighted by Gasteiger charge is -2.33. The van der Waals surface area contributed by atoms with Crippen LogP contribution >= 0.6 is 0 Å². The number of nitrogens with zero attached hydrogens (tertiary/aromatic N) is 1. The summed E-state index contributed by atoms with van der Waals surface area (Å²) in [6, 6.07) is 0. The summed E-state index contributed by atoms with van der Waals surface area (Å²) in [5, 5.41) is 12.6. The number of rotatable bonds is 2. The van der Waals surface area contributed by atoms with Crippen LogP contribution < -0.4 is 0 Å². The Balaban J connectivity index is 3.42. The standard InChI is InChI=1S/C10H14NO3/c1-9(2)7(5-12)8(6-13)10(3,4)11(9)14/h5-6H,1-4H3. The molecule has 14 heavy (non-hydrogen) atoms. The zero-order chi connectivity index (χ0) is 11.1. The monoisotopic (exact) mass is 196 g/mol. The van der Waals surface area contributed by atoms with E-state index in [9.17, 15) is 14.8 Å². The molecule has 4 nitrogen and oxygen atoms in total. The van der Waals surface area contributed by atoms with E-state index in [1.165, 1.54) is 0 Å². The van der Waals surface area contributed by atoms with Crippen molar-refractivity contribution in [2.24, 2.45) is 0 Å². The van der Waals surface area contributed by atoms with Crippen LogP contribution in [-0.2, 0) is 14.8 Å². The molecule has 0 aromatic heterocycles. The lowest BCUT2D eigenvalue weighted by atomic mass is 9.92. The molecular formula is C10H14NO3. The highest BCUT2D eigenvalue weighted by atomic mass is 16.5. The Morgan fingerprint density at radius 2 is 1.21 bits per heavy atom. The summed E-state index contributed by atoms with van der Waals surface area (Å²) in [5.74, 6) is 0. The van der Waals surface area contributed by atoms with E-state index in [1.807, 2.05) is 0 Å². The fourth-order valence-electron chi connectivity index (χ4n) is 1.99. The molecule has 1 rings (SSSR count). The smallest absolute Gasteiger partial charge is 0.148 e. The van der Waals surface area contributed by atoms with Gasteiger partial charge < -0.3 is 0 Å². The summed E-state index contributed by atoms with van der Waals surface area (Å²) >= 11 is 0. The largest absolute Gasteiger partial charge is 0.298 e. The van der Waals surface area contributed by atoms with Gasteiger partial charge in [0.05, 0.1) is 11.1 Å². The second-order valence-corrected chi connectivity index (χ2v) is 4.48. The molecule has 1 radical (unpaired) electrons. The number of hydrogen-bond donors (Lipinski definition) is 0. The Hall–Kier alpha value is -1.00. The van der Waals surface area contributed by atoms with E-state index >= 15 is 0 Å². The third-order valence-corrected chi connectivity index (χ3v) is 2.86. The van der Waals surface area contributed by atoms with Crippen LogP contribution in [0.1, 0.15) is 27.7 Å². The molecule has 77 valence electrons. The molecule has 0 saturated heterocycles. The molecule has 0 spiro atoms. The van der Waals surface area contributed by atoms with Gasteiger partial charge in [-0.3, -0.25) is 9.59 Å². The first-order valence-corrected chi connectivity index (χ1v) is 4.43. The number of hydrogen-bond acceptors (Lipinski definition) is 3. The maximum atomic E-state index is 11.8. The highest BCUT2D eigenvalue weighted by Crippen LogP contribution is 2.42. The topological polar surface area (TPSA) is 57.3 Å². The second kappa shape index (κ2) is 3.00. The van der Waals surface area contributed by atoms with Crippen molar-refractivity contribution in [1.29, 1.82) is 0 Å². The first-order valence-electron chi connectivity index (χ1n) is 4.43. The molecule has 1 aliphatic heterocycles. The molecule has 0 bridgehead atoms. The molecule has 4 heteroatoms. The Morgan fingerprint density at radius 1 is 0.929 bits per heavy atom. The lowest BCUT2D eigenvalue weighted by Crippen LogP contribution is -2.47. The molecule has 0 aromatic carbocycles. The minimum absolute atomic E-state index is 0.285. The Bertz CT molecular complexity index is 285. The number of carbonyl (C=O) groups excluding carboxylic acids is 2. The maximum absolute atomic E-state index is 11.8. The first kappa shape index (κ1) is 11.1. The van der Waals surface area contributed by atoms with E-state index < -0.39 is 11.1 Å². The van der Waals surface area contributed by atoms with Gasteiger partial charge in [-0.1, -0.05) is 0 Å². The van der Waals surface area contributed by atoms with E-state index in [1.54, 1.807) is 27.7 Å². The summed E-state index contributed by atoms with van der Waals surface area (Å²) in [4.78, 5) is 21.7. The van der Waals surface area contributed by atoms with Crippen molar-refractivity contribution in [3.8, 4) is 0 Å². The number of carbonyl (C=O) groups is 2. The van der Waals surface area contributed by atoms with Crippen LogP contribution in [0.5, 0.6) is 0 Å². The van der Waals surface area contributed by atoms with Gasteiger partial charge in [0.2, 0.25) is 0 Å². The molecule has 0 amide bonds. The van der Waals surface area contributed by atoms with Gasteiger partial charge >= 0.3 is 0 Å². The van der Waals surface area contributed by atoms with Gasteiger partial charge in [0, 0.05) is 11.1 Å². The molecule has 1 aliphatic rings. The number of aldehydes is 2. The van der Waals surface area contributed by atoms with E-state index in [0.29, 0.717) is 12.6 Å². The summed E-state index contributed by atoms with van der Waals surface area (Å²) in [7, 11) is 0. The minimum Gasteiger partial charge on any atom is -0.298 e. The molecular weight excluding hydrogens is 182 g/mol. The van der Waals surface area contributed by atoms with Crippen molar-refractivity contribution in [3.63, 3.8) is 0 Å². The predicted octanol–water partition coefficient (Wildman–Crippen LogP) is 0.899. The molecule has 0 N–H and O–H groups in total. The highest BCUT2D eigenvalue weighted by molar-refractivity contribution is 5.92. The molecule has 0 fully saturated rings. The van der Waals surface area contributed by atoms with Gasteiger partial charge in [-0.25, -0.2) is 0 Å². The highest BCUT2D eigenvalue weighted by Gasteiger charge is 2.51. The molecule has 0 aliphatic carbocycles. The van der Waals surface area contributed by atoms with E-state index in [-0.39, 0.29) is 11.1 Å². The van der Waals surface area contributed by atoms with Gasteiger partial charge in [-0.15, -0.1) is 10.3 Å². The third-order valence-electron chi connectivity index (χ3n) is 2.86. The fourth-order valence-corrected chi connectivity index (χ4v) is 1.99. The van der Waals surface area contributed by atoms with Crippen molar-refractivity contribution in [2.75, 3.05) is 0 Å². The van der Waals surface area contributed by atoms with Crippen molar-refractivity contribution < 1.29 is 14.8 Å². The molecule has 1 heterocycles. The third kappa shape index (κ3) is 1.14. The van der Waals surface area contributed by atoms with Crippen LogP contribution in [0.2, 0.25) is 0 Å². The SMILES string of the molecule is CC1(C)C(C=O)=C(C=O)C(C)(C)N1[O]. The van der Waals surface area contributed by atoms with Crippen LogP contribution in [0.3, 0.4) is 0 Å². The normalized spacial score (nSPS) is 25.2. The van der Waals surface area contributed by atoms with Crippen LogP contribution in [-0.4, -0.2) is 28.7 Å². The Morgan fingerprint density at radius 3 is 1.43 bits per heavy atom. The molecule has 0 unspecified atom stereocenters. The summed E-state index contributed by atoms with van der Waals surface area (Å²) < 4.78 is 0. The molecule has 0 saturated carbocycles. The van der Waals surface area contributed by atoms with E-state index in [4.69, 9.17) is 0 Å². The van der Waals surface area contributed by atoms with Gasteiger partial charge in [0.1, 0.15) is 12.6 Å². The fraction of sp³-hybridized carbons (Fsp3) is 0.600. The first-order chi connectivity index (χ1) is 6.30. The van der Waals surface area contributed by atoms with Crippen LogP contribution in [0.25, 0.3) is 0 Å². The minimum atomic E-state index is -0.915.